The molecule has 4 heteroatoms. The van der Waals surface area contributed by atoms with Crippen LogP contribution in [0.3, 0.4) is 0 Å². The first kappa shape index (κ1) is 15.7. The number of nitrogens with two attached hydrogens (primary N) is 1. The Bertz CT molecular complexity index is 512. The highest BCUT2D eigenvalue weighted by Gasteiger charge is 2.14. The van der Waals surface area contributed by atoms with Crippen LogP contribution in [0.4, 0.5) is 0 Å². The summed E-state index contributed by atoms with van der Waals surface area (Å²) in [7, 11) is 0. The van der Waals surface area contributed by atoms with Crippen molar-refractivity contribution in [2.24, 2.45) is 5.73 Å². The van der Waals surface area contributed by atoms with Crippen molar-refractivity contribution in [3.63, 3.8) is 0 Å². The lowest BCUT2D eigenvalue weighted by atomic mass is 10.0. The van der Waals surface area contributed by atoms with E-state index >= 15 is 0 Å². The SMILES string of the molecule is NCCCCNC(=O)CCC(=O)c1ccc2c(c1)CCC2. The average molecular weight is 288 g/mol. The molecule has 1 amide bonds. The van der Waals surface area contributed by atoms with Gasteiger partial charge in [-0.15, -0.1) is 0 Å². The highest BCUT2D eigenvalue weighted by atomic mass is 16.2. The van der Waals surface area contributed by atoms with E-state index in [1.54, 1.807) is 0 Å². The lowest BCUT2D eigenvalue weighted by Crippen LogP contribution is -2.25. The van der Waals surface area contributed by atoms with Crippen molar-refractivity contribution in [2.75, 3.05) is 13.1 Å². The Labute approximate surface area is 126 Å². The fourth-order valence-corrected chi connectivity index (χ4v) is 2.70. The van der Waals surface area contributed by atoms with Gasteiger partial charge in [-0.2, -0.15) is 0 Å². The molecular weight excluding hydrogens is 264 g/mol. The van der Waals surface area contributed by atoms with E-state index in [2.05, 4.69) is 11.4 Å². The minimum Gasteiger partial charge on any atom is -0.356 e. The smallest absolute Gasteiger partial charge is 0.220 e. The van der Waals surface area contributed by atoms with Crippen LogP contribution in [0.1, 0.15) is 53.6 Å². The van der Waals surface area contributed by atoms with Gasteiger partial charge in [0.05, 0.1) is 0 Å². The molecule has 1 aliphatic carbocycles. The van der Waals surface area contributed by atoms with Crippen molar-refractivity contribution in [1.29, 1.82) is 0 Å². The molecule has 0 aromatic heterocycles. The van der Waals surface area contributed by atoms with Gasteiger partial charge in [0.2, 0.25) is 5.91 Å². The summed E-state index contributed by atoms with van der Waals surface area (Å²) in [5, 5.41) is 2.82. The highest BCUT2D eigenvalue weighted by molar-refractivity contribution is 5.98. The Balaban J connectivity index is 1.75. The van der Waals surface area contributed by atoms with Gasteiger partial charge in [-0.25, -0.2) is 0 Å². The van der Waals surface area contributed by atoms with E-state index in [9.17, 15) is 9.59 Å². The van der Waals surface area contributed by atoms with Gasteiger partial charge in [-0.1, -0.05) is 12.1 Å². The van der Waals surface area contributed by atoms with E-state index in [4.69, 9.17) is 5.73 Å². The van der Waals surface area contributed by atoms with Gasteiger partial charge in [0, 0.05) is 24.9 Å². The average Bonchev–Trinajstić information content (AvgIpc) is 2.96. The zero-order chi connectivity index (χ0) is 15.1. The summed E-state index contributed by atoms with van der Waals surface area (Å²) in [6.45, 7) is 1.29. The first-order chi connectivity index (χ1) is 10.2. The molecule has 0 fully saturated rings. The van der Waals surface area contributed by atoms with Crippen molar-refractivity contribution < 1.29 is 9.59 Å². The third-order valence-corrected chi connectivity index (χ3v) is 3.95. The van der Waals surface area contributed by atoms with E-state index in [0.717, 1.165) is 31.2 Å². The van der Waals surface area contributed by atoms with Gasteiger partial charge in [0.1, 0.15) is 0 Å². The zero-order valence-corrected chi connectivity index (χ0v) is 12.5. The van der Waals surface area contributed by atoms with Gasteiger partial charge in [-0.3, -0.25) is 9.59 Å². The lowest BCUT2D eigenvalue weighted by molar-refractivity contribution is -0.121. The third-order valence-electron chi connectivity index (χ3n) is 3.95. The molecule has 1 aromatic rings. The molecule has 0 unspecified atom stereocenters. The van der Waals surface area contributed by atoms with Crippen LogP contribution < -0.4 is 11.1 Å². The lowest BCUT2D eigenvalue weighted by Gasteiger charge is -2.06. The second kappa shape index (κ2) is 7.93. The molecule has 0 saturated carbocycles. The van der Waals surface area contributed by atoms with Gasteiger partial charge in [0.15, 0.2) is 5.78 Å². The van der Waals surface area contributed by atoms with Crippen molar-refractivity contribution in [1.82, 2.24) is 5.32 Å². The molecule has 1 aromatic carbocycles. The van der Waals surface area contributed by atoms with Crippen molar-refractivity contribution in [3.05, 3.63) is 34.9 Å². The van der Waals surface area contributed by atoms with Gasteiger partial charge >= 0.3 is 0 Å². The zero-order valence-electron chi connectivity index (χ0n) is 12.5. The molecule has 3 N–H and O–H groups in total. The fraction of sp³-hybridized carbons (Fsp3) is 0.529. The number of benzene rings is 1. The molecule has 0 aliphatic heterocycles. The Morgan fingerprint density at radius 1 is 1.10 bits per heavy atom. The van der Waals surface area contributed by atoms with E-state index in [1.165, 1.54) is 17.5 Å². The van der Waals surface area contributed by atoms with Crippen molar-refractivity contribution >= 4 is 11.7 Å². The first-order valence-electron chi connectivity index (χ1n) is 7.82. The molecular formula is C17H24N2O2. The number of rotatable bonds is 8. The number of aryl methyl sites for hydroxylation is 2. The second-order valence-corrected chi connectivity index (χ2v) is 5.61. The van der Waals surface area contributed by atoms with Crippen LogP contribution in [0, 0.1) is 0 Å². The van der Waals surface area contributed by atoms with Gasteiger partial charge in [0.25, 0.3) is 0 Å². The number of fused-ring (bicyclic) bond motifs is 1. The van der Waals surface area contributed by atoms with Crippen molar-refractivity contribution in [3.8, 4) is 0 Å². The largest absolute Gasteiger partial charge is 0.356 e. The maximum absolute atomic E-state index is 12.1. The molecule has 21 heavy (non-hydrogen) atoms. The van der Waals surface area contributed by atoms with Crippen LogP contribution in [-0.4, -0.2) is 24.8 Å². The minimum absolute atomic E-state index is 0.0541. The topological polar surface area (TPSA) is 72.2 Å². The van der Waals surface area contributed by atoms with E-state index in [0.29, 0.717) is 13.1 Å². The molecule has 0 atom stereocenters. The van der Waals surface area contributed by atoms with Crippen molar-refractivity contribution in [2.45, 2.75) is 44.9 Å². The monoisotopic (exact) mass is 288 g/mol. The summed E-state index contributed by atoms with van der Waals surface area (Å²) < 4.78 is 0. The normalized spacial score (nSPS) is 13.0. The Morgan fingerprint density at radius 3 is 2.71 bits per heavy atom. The molecule has 0 radical (unpaired) electrons. The maximum atomic E-state index is 12.1. The number of nitrogens with one attached hydrogen (secondary N) is 1. The molecule has 0 heterocycles. The number of hydrogen-bond acceptors (Lipinski definition) is 3. The predicted molar refractivity (Wildman–Crippen MR) is 83.3 cm³/mol. The van der Waals surface area contributed by atoms with Crippen LogP contribution in [0.25, 0.3) is 0 Å². The van der Waals surface area contributed by atoms with Gasteiger partial charge in [-0.05, 0) is 55.8 Å². The third kappa shape index (κ3) is 4.67. The van der Waals surface area contributed by atoms with Crippen LogP contribution in [0.15, 0.2) is 18.2 Å². The standard InChI is InChI=1S/C17H24N2O2/c18-10-1-2-11-19-17(21)9-8-16(20)15-7-6-13-4-3-5-14(13)12-15/h6-7,12H,1-5,8-11,18H2,(H,19,21). The maximum Gasteiger partial charge on any atom is 0.220 e. The summed E-state index contributed by atoms with van der Waals surface area (Å²) >= 11 is 0. The number of carbonyl (C=O) groups excluding carboxylic acids is 2. The molecule has 4 nitrogen and oxygen atoms in total. The minimum atomic E-state index is -0.0541. The second-order valence-electron chi connectivity index (χ2n) is 5.61. The molecule has 1 aliphatic rings. The number of ketones is 1. The van der Waals surface area contributed by atoms with Crippen LogP contribution in [0.2, 0.25) is 0 Å². The Morgan fingerprint density at radius 2 is 1.90 bits per heavy atom. The summed E-state index contributed by atoms with van der Waals surface area (Å²) in [5.74, 6) is 0.00309. The summed E-state index contributed by atoms with van der Waals surface area (Å²) in [6, 6.07) is 5.96. The molecule has 0 bridgehead atoms. The molecule has 0 saturated heterocycles. The van der Waals surface area contributed by atoms with Crippen LogP contribution in [-0.2, 0) is 17.6 Å². The molecule has 114 valence electrons. The highest BCUT2D eigenvalue weighted by Crippen LogP contribution is 2.23. The number of unbranched alkanes of at least 4 members (excludes halogenated alkanes) is 1. The predicted octanol–water partition coefficient (Wildman–Crippen LogP) is 1.99. The summed E-state index contributed by atoms with van der Waals surface area (Å²) in [6.07, 6.45) is 5.71. The van der Waals surface area contributed by atoms with Crippen LogP contribution in [0.5, 0.6) is 0 Å². The Hall–Kier alpha value is -1.68. The number of hydrogen-bond donors (Lipinski definition) is 2. The number of Topliss-reactive ketones (excluding diaryl/α,β-unsaturated/α-hetero) is 1. The Kier molecular flexibility index (Phi) is 5.93. The summed E-state index contributed by atoms with van der Waals surface area (Å²) in [5.41, 5.74) is 8.79. The number of carbonyl (C=O) groups is 2. The quantitative estimate of drug-likeness (QED) is 0.567. The van der Waals surface area contributed by atoms with E-state index in [-0.39, 0.29) is 24.5 Å². The molecule has 0 spiro atoms. The summed E-state index contributed by atoms with van der Waals surface area (Å²) in [4.78, 5) is 23.8. The van der Waals surface area contributed by atoms with E-state index in [1.807, 2.05) is 12.1 Å². The first-order valence-corrected chi connectivity index (χ1v) is 7.82. The number of amides is 1. The van der Waals surface area contributed by atoms with E-state index < -0.39 is 0 Å². The fourth-order valence-electron chi connectivity index (χ4n) is 2.70. The molecule has 2 rings (SSSR count). The van der Waals surface area contributed by atoms with Gasteiger partial charge < -0.3 is 11.1 Å². The van der Waals surface area contributed by atoms with Crippen LogP contribution >= 0.6 is 0 Å².